The number of benzene rings is 1. The fraction of sp³-hybridized carbons (Fsp3) is 0. The van der Waals surface area contributed by atoms with Gasteiger partial charge in [0.15, 0.2) is 0 Å². The van der Waals surface area contributed by atoms with Crippen LogP contribution in [0.15, 0.2) is 6.07 Å². The maximum atomic E-state index is 12.3. The van der Waals surface area contributed by atoms with Crippen LogP contribution in [0.2, 0.25) is 0 Å². The van der Waals surface area contributed by atoms with Crippen LogP contribution in [0.5, 0.6) is 0 Å². The Balaban J connectivity index is 0.000001000. The molecule has 0 saturated carbocycles. The maximum absolute atomic E-state index is 12.3. The van der Waals surface area contributed by atoms with Crippen LogP contribution in [0, 0.1) is 17.7 Å². The number of hydrogen-bond acceptors (Lipinski definition) is 2. The molecule has 1 rings (SSSR count). The van der Waals surface area contributed by atoms with E-state index >= 15 is 0 Å². The van der Waals surface area contributed by atoms with Gasteiger partial charge in [0.1, 0.15) is 0 Å². The number of anilines is 2. The minimum absolute atomic E-state index is 0. The van der Waals surface area contributed by atoms with E-state index in [1.807, 2.05) is 0 Å². The second-order valence-electron chi connectivity index (χ2n) is 1.80. The summed E-state index contributed by atoms with van der Waals surface area (Å²) in [6, 6.07) is 2.66. The van der Waals surface area contributed by atoms with Gasteiger partial charge < -0.3 is 11.5 Å². The van der Waals surface area contributed by atoms with Gasteiger partial charge in [0.25, 0.3) is 0 Å². The van der Waals surface area contributed by atoms with Crippen LogP contribution in [0.3, 0.4) is 0 Å². The first-order valence-electron chi connectivity index (χ1n) is 2.53. The molecule has 0 spiro atoms. The van der Waals surface area contributed by atoms with E-state index in [0.29, 0.717) is 0 Å². The molecule has 1 aromatic carbocycles. The maximum Gasteiger partial charge on any atom is 0.0377 e. The van der Waals surface area contributed by atoms with E-state index in [0.717, 1.165) is 6.07 Å². The molecule has 0 amide bonds. The Morgan fingerprint density at radius 3 is 2.27 bits per heavy atom. The second-order valence-corrected chi connectivity index (χ2v) is 1.80. The van der Waals surface area contributed by atoms with Crippen LogP contribution >= 0.6 is 0 Å². The Hall–Kier alpha value is -0.216. The zero-order valence-electron chi connectivity index (χ0n) is 5.57. The topological polar surface area (TPSA) is 52.0 Å². The molecule has 0 aliphatic heterocycles. The number of hydrogen-bond donors (Lipinski definition) is 2. The molecule has 0 aliphatic rings. The van der Waals surface area contributed by atoms with Crippen LogP contribution in [-0.2, 0) is 32.7 Å². The van der Waals surface area contributed by atoms with Gasteiger partial charge in [-0.2, -0.15) is 0 Å². The summed E-state index contributed by atoms with van der Waals surface area (Å²) in [4.78, 5) is 0. The first kappa shape index (κ1) is 10.8. The fourth-order valence-corrected chi connectivity index (χ4v) is 0.549. The quantitative estimate of drug-likeness (QED) is 0.516. The van der Waals surface area contributed by atoms with Crippen molar-refractivity contribution in [2.45, 2.75) is 0 Å². The van der Waals surface area contributed by atoms with Gasteiger partial charge in [-0.15, -0.1) is 12.1 Å². The summed E-state index contributed by atoms with van der Waals surface area (Å²) in [5.41, 5.74) is 9.78. The summed E-state index contributed by atoms with van der Waals surface area (Å²) in [7, 11) is 0. The number of rotatable bonds is 0. The first-order chi connectivity index (χ1) is 4.61. The molecule has 0 saturated heterocycles. The van der Waals surface area contributed by atoms with Crippen LogP contribution in [0.25, 0.3) is 0 Å². The molecule has 4 N–H and O–H groups in total. The van der Waals surface area contributed by atoms with Crippen molar-refractivity contribution < 1.29 is 41.5 Å². The summed E-state index contributed by atoms with van der Waals surface area (Å²) in [6.45, 7) is 0. The van der Waals surface area contributed by atoms with Gasteiger partial charge in [-0.05, 0) is 5.69 Å². The smallest absolute Gasteiger partial charge is 0.0377 e. The van der Waals surface area contributed by atoms with Crippen molar-refractivity contribution in [2.24, 2.45) is 0 Å². The fourth-order valence-electron chi connectivity index (χ4n) is 0.549. The minimum Gasteiger partial charge on any atom is -0.446 e. The van der Waals surface area contributed by atoms with Crippen LogP contribution < -0.4 is 11.5 Å². The molecular weight excluding hydrogens is 227 g/mol. The van der Waals surface area contributed by atoms with E-state index < -0.39 is 11.6 Å². The van der Waals surface area contributed by atoms with E-state index in [2.05, 4.69) is 0 Å². The van der Waals surface area contributed by atoms with Crippen molar-refractivity contribution in [3.8, 4) is 0 Å². The second kappa shape index (κ2) is 3.97. The summed E-state index contributed by atoms with van der Waals surface area (Å²) in [5, 5.41) is 0. The van der Waals surface area contributed by atoms with Crippen LogP contribution in [0.4, 0.5) is 20.2 Å². The molecule has 11 heavy (non-hydrogen) atoms. The van der Waals surface area contributed by atoms with Gasteiger partial charge in [0.05, 0.1) is 0 Å². The van der Waals surface area contributed by atoms with Crippen molar-refractivity contribution in [2.75, 3.05) is 11.5 Å². The third kappa shape index (κ3) is 2.38. The SMILES string of the molecule is Nc1cc(F)[c-]c(F)c1N.[Y]. The minimum atomic E-state index is -0.947. The summed E-state index contributed by atoms with van der Waals surface area (Å²) in [6.07, 6.45) is 0. The zero-order chi connectivity index (χ0) is 7.72. The predicted molar refractivity (Wildman–Crippen MR) is 34.0 cm³/mol. The van der Waals surface area contributed by atoms with Gasteiger partial charge in [-0.3, -0.25) is 0 Å². The normalized spacial score (nSPS) is 8.91. The predicted octanol–water partition coefficient (Wildman–Crippen LogP) is 0.927. The molecule has 1 aromatic rings. The zero-order valence-corrected chi connectivity index (χ0v) is 8.40. The molecule has 0 bridgehead atoms. The Bertz CT molecular complexity index is 242. The largest absolute Gasteiger partial charge is 0.446 e. The Labute approximate surface area is 87.8 Å². The van der Waals surface area contributed by atoms with E-state index in [4.69, 9.17) is 11.5 Å². The van der Waals surface area contributed by atoms with Gasteiger partial charge in [0, 0.05) is 44.3 Å². The third-order valence-electron chi connectivity index (χ3n) is 1.06. The number of nitrogens with two attached hydrogens (primary N) is 2. The van der Waals surface area contributed by atoms with Crippen molar-refractivity contribution in [3.63, 3.8) is 0 Å². The van der Waals surface area contributed by atoms with Crippen molar-refractivity contribution >= 4 is 11.4 Å². The molecule has 0 fully saturated rings. The van der Waals surface area contributed by atoms with Crippen LogP contribution in [0.1, 0.15) is 0 Å². The number of nitrogen functional groups attached to an aromatic ring is 2. The average Bonchev–Trinajstić information content (AvgIpc) is 1.82. The third-order valence-corrected chi connectivity index (χ3v) is 1.06. The molecule has 0 aliphatic carbocycles. The molecule has 0 heterocycles. The molecule has 2 nitrogen and oxygen atoms in total. The van der Waals surface area contributed by atoms with E-state index in [9.17, 15) is 8.78 Å². The van der Waals surface area contributed by atoms with Crippen molar-refractivity contribution in [1.82, 2.24) is 0 Å². The summed E-state index contributed by atoms with van der Waals surface area (Å²) < 4.78 is 24.5. The molecule has 0 unspecified atom stereocenters. The molecule has 1 radical (unpaired) electrons. The Morgan fingerprint density at radius 2 is 1.82 bits per heavy atom. The molecule has 57 valence electrons. The van der Waals surface area contributed by atoms with E-state index in [-0.39, 0.29) is 44.1 Å². The average molecular weight is 232 g/mol. The molecular formula is C6H5F2N2Y-. The van der Waals surface area contributed by atoms with Gasteiger partial charge in [-0.25, -0.2) is 8.78 Å². The Morgan fingerprint density at radius 1 is 1.27 bits per heavy atom. The van der Waals surface area contributed by atoms with E-state index in [1.165, 1.54) is 0 Å². The first-order valence-corrected chi connectivity index (χ1v) is 2.53. The Kier molecular flexibility index (Phi) is 3.90. The summed E-state index contributed by atoms with van der Waals surface area (Å²) >= 11 is 0. The molecule has 0 atom stereocenters. The van der Waals surface area contributed by atoms with E-state index in [1.54, 1.807) is 6.07 Å². The number of halogens is 2. The monoisotopic (exact) mass is 232 g/mol. The molecule has 5 heteroatoms. The summed E-state index contributed by atoms with van der Waals surface area (Å²) in [5.74, 6) is -1.79. The standard InChI is InChI=1S/C6H5F2N2.Y/c7-3-1-4(8)6(10)5(9)2-3;/h2H,9-10H2;/q-1;. The van der Waals surface area contributed by atoms with Gasteiger partial charge in [-0.1, -0.05) is 5.69 Å². The van der Waals surface area contributed by atoms with Crippen molar-refractivity contribution in [3.05, 3.63) is 23.8 Å². The van der Waals surface area contributed by atoms with Gasteiger partial charge in [0.2, 0.25) is 0 Å². The van der Waals surface area contributed by atoms with Gasteiger partial charge >= 0.3 is 0 Å². The van der Waals surface area contributed by atoms with Crippen LogP contribution in [-0.4, -0.2) is 0 Å². The molecule has 0 aromatic heterocycles. The van der Waals surface area contributed by atoms with Crippen molar-refractivity contribution in [1.29, 1.82) is 0 Å².